The van der Waals surface area contributed by atoms with Crippen LogP contribution in [0, 0.1) is 0 Å². The summed E-state index contributed by atoms with van der Waals surface area (Å²) in [5, 5.41) is 3.03. The lowest BCUT2D eigenvalue weighted by Crippen LogP contribution is -2.53. The molecule has 6 nitrogen and oxygen atoms in total. The van der Waals surface area contributed by atoms with Gasteiger partial charge in [-0.05, 0) is 24.0 Å². The van der Waals surface area contributed by atoms with E-state index in [1.807, 2.05) is 0 Å². The number of rotatable bonds is 5. The molecule has 0 atom stereocenters. The second-order valence-electron chi connectivity index (χ2n) is 9.33. The number of hydrogen-bond donors (Lipinski definition) is 1. The summed E-state index contributed by atoms with van der Waals surface area (Å²) >= 11 is 0. The molecule has 0 unspecified atom stereocenters. The molecule has 0 bridgehead atoms. The predicted octanol–water partition coefficient (Wildman–Crippen LogP) is 3.61. The van der Waals surface area contributed by atoms with E-state index in [1.165, 1.54) is 16.0 Å². The molecular formula is C26H32N4O2. The minimum absolute atomic E-state index is 0.0175. The van der Waals surface area contributed by atoms with Crippen molar-refractivity contribution in [3.05, 3.63) is 71.8 Å². The van der Waals surface area contributed by atoms with E-state index in [-0.39, 0.29) is 18.0 Å². The van der Waals surface area contributed by atoms with Crippen molar-refractivity contribution >= 4 is 11.9 Å². The third-order valence-electron chi connectivity index (χ3n) is 7.30. The number of imide groups is 1. The van der Waals surface area contributed by atoms with Gasteiger partial charge in [0, 0.05) is 26.2 Å². The highest BCUT2D eigenvalue weighted by Gasteiger charge is 2.51. The first kappa shape index (κ1) is 21.2. The van der Waals surface area contributed by atoms with Gasteiger partial charge in [-0.2, -0.15) is 0 Å². The Morgan fingerprint density at radius 1 is 0.781 bits per heavy atom. The second kappa shape index (κ2) is 9.04. The molecule has 3 fully saturated rings. The molecule has 2 aliphatic heterocycles. The van der Waals surface area contributed by atoms with Gasteiger partial charge in [0.2, 0.25) is 0 Å². The Labute approximate surface area is 190 Å². The number of benzene rings is 2. The average molecular weight is 433 g/mol. The zero-order valence-electron chi connectivity index (χ0n) is 18.6. The molecule has 6 heteroatoms. The Morgan fingerprint density at radius 2 is 1.34 bits per heavy atom. The number of piperazine rings is 1. The Kier molecular flexibility index (Phi) is 5.98. The van der Waals surface area contributed by atoms with Gasteiger partial charge in [-0.15, -0.1) is 0 Å². The molecule has 168 valence electrons. The topological polar surface area (TPSA) is 55.9 Å². The smallest absolute Gasteiger partial charge is 0.323 e. The first-order valence-electron chi connectivity index (χ1n) is 11.9. The van der Waals surface area contributed by atoms with Crippen molar-refractivity contribution < 1.29 is 9.59 Å². The molecule has 2 saturated heterocycles. The largest absolute Gasteiger partial charge is 0.326 e. The van der Waals surface area contributed by atoms with Crippen LogP contribution in [0.25, 0.3) is 0 Å². The van der Waals surface area contributed by atoms with Crippen LogP contribution < -0.4 is 5.32 Å². The fourth-order valence-electron chi connectivity index (χ4n) is 5.55. The lowest BCUT2D eigenvalue weighted by Gasteiger charge is -2.40. The molecule has 2 aromatic carbocycles. The van der Waals surface area contributed by atoms with Crippen molar-refractivity contribution in [2.45, 2.75) is 43.7 Å². The molecule has 3 amide bonds. The Morgan fingerprint density at radius 3 is 1.91 bits per heavy atom. The van der Waals surface area contributed by atoms with Crippen LogP contribution >= 0.6 is 0 Å². The monoisotopic (exact) mass is 432 g/mol. The van der Waals surface area contributed by atoms with Gasteiger partial charge in [0.05, 0.1) is 12.7 Å². The first-order valence-corrected chi connectivity index (χ1v) is 11.9. The number of urea groups is 1. The standard InChI is InChI=1S/C26H32N4O2/c31-24-26(14-8-3-9-15-26)27-25(32)30(24)20-28-16-18-29(19-17-28)23(21-10-4-1-5-11-21)22-12-6-2-7-13-22/h1-2,4-7,10-13,23H,3,8-9,14-20H2,(H,27,32). The van der Waals surface area contributed by atoms with Gasteiger partial charge >= 0.3 is 6.03 Å². The fraction of sp³-hybridized carbons (Fsp3) is 0.462. The lowest BCUT2D eigenvalue weighted by atomic mass is 9.82. The van der Waals surface area contributed by atoms with E-state index < -0.39 is 5.54 Å². The molecule has 0 radical (unpaired) electrons. The number of nitrogens with one attached hydrogen (secondary N) is 1. The number of carbonyl (C=O) groups is 2. The van der Waals surface area contributed by atoms with Crippen molar-refractivity contribution in [2.24, 2.45) is 0 Å². The molecule has 3 aliphatic rings. The third kappa shape index (κ3) is 4.05. The van der Waals surface area contributed by atoms with Crippen LogP contribution in [0.4, 0.5) is 4.79 Å². The van der Waals surface area contributed by atoms with E-state index in [4.69, 9.17) is 0 Å². The van der Waals surface area contributed by atoms with Crippen LogP contribution in [-0.4, -0.2) is 65.0 Å². The summed E-state index contributed by atoms with van der Waals surface area (Å²) in [7, 11) is 0. The highest BCUT2D eigenvalue weighted by Crippen LogP contribution is 2.34. The van der Waals surface area contributed by atoms with Gasteiger partial charge in [0.25, 0.3) is 5.91 Å². The van der Waals surface area contributed by atoms with E-state index in [2.05, 4.69) is 75.8 Å². The van der Waals surface area contributed by atoms with E-state index in [0.717, 1.165) is 58.3 Å². The van der Waals surface area contributed by atoms with Crippen molar-refractivity contribution in [3.63, 3.8) is 0 Å². The highest BCUT2D eigenvalue weighted by atomic mass is 16.2. The average Bonchev–Trinajstić information content (AvgIpc) is 3.06. The van der Waals surface area contributed by atoms with Gasteiger partial charge < -0.3 is 5.32 Å². The van der Waals surface area contributed by atoms with Gasteiger partial charge in [0.15, 0.2) is 0 Å². The van der Waals surface area contributed by atoms with Crippen LogP contribution in [0.1, 0.15) is 49.3 Å². The summed E-state index contributed by atoms with van der Waals surface area (Å²) in [5.74, 6) is -0.0175. The lowest BCUT2D eigenvalue weighted by molar-refractivity contribution is -0.134. The van der Waals surface area contributed by atoms with Crippen molar-refractivity contribution in [2.75, 3.05) is 32.8 Å². The maximum absolute atomic E-state index is 13.1. The molecule has 1 spiro atoms. The van der Waals surface area contributed by atoms with Crippen molar-refractivity contribution in [1.82, 2.24) is 20.0 Å². The first-order chi connectivity index (χ1) is 15.7. The Bertz CT molecular complexity index is 895. The van der Waals surface area contributed by atoms with Crippen LogP contribution in [0.5, 0.6) is 0 Å². The normalized spacial score (nSPS) is 22.0. The number of nitrogens with zero attached hydrogens (tertiary/aromatic N) is 3. The molecule has 1 N–H and O–H groups in total. The summed E-state index contributed by atoms with van der Waals surface area (Å²) in [6.07, 6.45) is 4.73. The van der Waals surface area contributed by atoms with E-state index in [0.29, 0.717) is 6.67 Å². The maximum atomic E-state index is 13.1. The molecule has 2 aromatic rings. The number of carbonyl (C=O) groups excluding carboxylic acids is 2. The molecule has 1 aliphatic carbocycles. The van der Waals surface area contributed by atoms with Crippen LogP contribution in [0.3, 0.4) is 0 Å². The fourth-order valence-corrected chi connectivity index (χ4v) is 5.55. The molecule has 5 rings (SSSR count). The van der Waals surface area contributed by atoms with Crippen molar-refractivity contribution in [1.29, 1.82) is 0 Å². The van der Waals surface area contributed by atoms with Gasteiger partial charge in [0.1, 0.15) is 5.54 Å². The van der Waals surface area contributed by atoms with Gasteiger partial charge in [-0.3, -0.25) is 14.6 Å². The Balaban J connectivity index is 1.25. The quantitative estimate of drug-likeness (QED) is 0.734. The summed E-state index contributed by atoms with van der Waals surface area (Å²) in [6, 6.07) is 21.3. The third-order valence-corrected chi connectivity index (χ3v) is 7.30. The maximum Gasteiger partial charge on any atom is 0.326 e. The zero-order valence-corrected chi connectivity index (χ0v) is 18.6. The summed E-state index contributed by atoms with van der Waals surface area (Å²) in [4.78, 5) is 31.9. The Hall–Kier alpha value is -2.70. The molecule has 0 aromatic heterocycles. The van der Waals surface area contributed by atoms with Gasteiger partial charge in [-0.25, -0.2) is 9.69 Å². The highest BCUT2D eigenvalue weighted by molar-refractivity contribution is 6.07. The predicted molar refractivity (Wildman–Crippen MR) is 124 cm³/mol. The van der Waals surface area contributed by atoms with Crippen LogP contribution in [0.2, 0.25) is 0 Å². The number of amides is 3. The minimum Gasteiger partial charge on any atom is -0.323 e. The second-order valence-corrected chi connectivity index (χ2v) is 9.33. The number of hydrogen-bond acceptors (Lipinski definition) is 4. The molecule has 32 heavy (non-hydrogen) atoms. The summed E-state index contributed by atoms with van der Waals surface area (Å²) < 4.78 is 0. The SMILES string of the molecule is O=C1NC2(CCCCC2)C(=O)N1CN1CCN(C(c2ccccc2)c2ccccc2)CC1. The zero-order chi connectivity index (χ0) is 22.0. The van der Waals surface area contributed by atoms with Crippen LogP contribution in [0.15, 0.2) is 60.7 Å². The molecular weight excluding hydrogens is 400 g/mol. The van der Waals surface area contributed by atoms with E-state index in [1.54, 1.807) is 0 Å². The minimum atomic E-state index is -0.636. The molecule has 1 saturated carbocycles. The van der Waals surface area contributed by atoms with E-state index >= 15 is 0 Å². The summed E-state index contributed by atoms with van der Waals surface area (Å²) in [6.45, 7) is 3.84. The summed E-state index contributed by atoms with van der Waals surface area (Å²) in [5.41, 5.74) is 1.95. The molecule has 2 heterocycles. The van der Waals surface area contributed by atoms with Gasteiger partial charge in [-0.1, -0.05) is 79.9 Å². The van der Waals surface area contributed by atoms with Crippen LogP contribution in [-0.2, 0) is 4.79 Å². The van der Waals surface area contributed by atoms with E-state index in [9.17, 15) is 9.59 Å². The van der Waals surface area contributed by atoms with Crippen molar-refractivity contribution in [3.8, 4) is 0 Å².